The lowest BCUT2D eigenvalue weighted by Crippen LogP contribution is -2.33. The Morgan fingerprint density at radius 3 is 2.00 bits per heavy atom. The summed E-state index contributed by atoms with van der Waals surface area (Å²) in [6.07, 6.45) is -1.14. The van der Waals surface area contributed by atoms with E-state index in [2.05, 4.69) is 4.74 Å². The quantitative estimate of drug-likeness (QED) is 0.580. The zero-order valence-corrected chi connectivity index (χ0v) is 18.5. The summed E-state index contributed by atoms with van der Waals surface area (Å²) in [7, 11) is -7.23. The molecule has 2 aromatic rings. The molecule has 0 amide bonds. The molecule has 0 aliphatic carbocycles. The molecule has 3 rings (SSSR count). The van der Waals surface area contributed by atoms with Crippen molar-refractivity contribution in [3.05, 3.63) is 60.0 Å². The molecule has 1 aliphatic heterocycles. The van der Waals surface area contributed by atoms with Crippen molar-refractivity contribution in [2.45, 2.75) is 30.1 Å². The molecule has 0 radical (unpaired) electrons. The van der Waals surface area contributed by atoms with Gasteiger partial charge in [0.2, 0.25) is 10.0 Å². The van der Waals surface area contributed by atoms with Crippen molar-refractivity contribution in [3.63, 3.8) is 0 Å². The van der Waals surface area contributed by atoms with Crippen LogP contribution >= 0.6 is 0 Å². The summed E-state index contributed by atoms with van der Waals surface area (Å²) in [5.41, 5.74) is 0. The summed E-state index contributed by atoms with van der Waals surface area (Å²) in [5.74, 6) is 0.114. The van der Waals surface area contributed by atoms with Gasteiger partial charge in [-0.2, -0.15) is 4.31 Å². The molecule has 1 atom stereocenters. The minimum Gasteiger partial charge on any atom is -0.457 e. The molecule has 1 saturated heterocycles. The van der Waals surface area contributed by atoms with Crippen LogP contribution in [0, 0.1) is 0 Å². The van der Waals surface area contributed by atoms with Gasteiger partial charge in [-0.3, -0.25) is 0 Å². The van der Waals surface area contributed by atoms with Crippen LogP contribution in [0.25, 0.3) is 0 Å². The first-order valence-corrected chi connectivity index (χ1v) is 12.8. The third-order valence-electron chi connectivity index (χ3n) is 4.60. The van der Waals surface area contributed by atoms with Gasteiger partial charge < -0.3 is 9.47 Å². The van der Waals surface area contributed by atoms with Crippen LogP contribution in [0.5, 0.6) is 17.2 Å². The monoisotopic (exact) mass is 491 g/mol. The third-order valence-corrected chi connectivity index (χ3v) is 7.35. The van der Waals surface area contributed by atoms with E-state index in [1.54, 1.807) is 0 Å². The van der Waals surface area contributed by atoms with Crippen LogP contribution in [0.3, 0.4) is 0 Å². The molecule has 0 N–H and O–H groups in total. The van der Waals surface area contributed by atoms with Crippen LogP contribution in [0.1, 0.15) is 12.8 Å². The Balaban J connectivity index is 1.67. The SMILES string of the molecule is CS(=O)(=O)N1CCC[C@H]1/C=C/S(=O)(=O)c1ccc(Oc2ccc(OC(F)(F)F)cc2)cc1. The van der Waals surface area contributed by atoms with Crippen molar-refractivity contribution in [2.24, 2.45) is 0 Å². The molecule has 1 fully saturated rings. The summed E-state index contributed by atoms with van der Waals surface area (Å²) < 4.78 is 95.8. The van der Waals surface area contributed by atoms with E-state index < -0.39 is 38.0 Å². The van der Waals surface area contributed by atoms with Crippen molar-refractivity contribution in [2.75, 3.05) is 12.8 Å². The fourth-order valence-electron chi connectivity index (χ4n) is 3.19. The molecular formula is C20H20F3NO6S2. The number of benzene rings is 2. The lowest BCUT2D eigenvalue weighted by atomic mass is 10.2. The van der Waals surface area contributed by atoms with Crippen LogP contribution in [0.4, 0.5) is 13.2 Å². The van der Waals surface area contributed by atoms with Crippen molar-refractivity contribution in [3.8, 4) is 17.2 Å². The topological polar surface area (TPSA) is 90.0 Å². The van der Waals surface area contributed by atoms with E-state index in [-0.39, 0.29) is 16.4 Å². The largest absolute Gasteiger partial charge is 0.573 e. The van der Waals surface area contributed by atoms with Gasteiger partial charge in [-0.25, -0.2) is 16.8 Å². The van der Waals surface area contributed by atoms with E-state index in [0.717, 1.165) is 23.8 Å². The van der Waals surface area contributed by atoms with Gasteiger partial charge in [0.15, 0.2) is 9.84 Å². The molecule has 0 saturated carbocycles. The van der Waals surface area contributed by atoms with Gasteiger partial charge in [-0.15, -0.1) is 13.2 Å². The summed E-state index contributed by atoms with van der Waals surface area (Å²) in [6.45, 7) is 0.350. The minimum absolute atomic E-state index is 0.0149. The van der Waals surface area contributed by atoms with Gasteiger partial charge >= 0.3 is 6.36 Å². The molecule has 0 aromatic heterocycles. The zero-order valence-electron chi connectivity index (χ0n) is 16.8. The Morgan fingerprint density at radius 2 is 1.47 bits per heavy atom. The molecule has 2 aromatic carbocycles. The van der Waals surface area contributed by atoms with Gasteiger partial charge in [0.25, 0.3) is 0 Å². The van der Waals surface area contributed by atoms with Crippen LogP contribution in [-0.2, 0) is 19.9 Å². The van der Waals surface area contributed by atoms with Gasteiger partial charge in [0.1, 0.15) is 17.2 Å². The molecule has 0 bridgehead atoms. The predicted molar refractivity (Wildman–Crippen MR) is 111 cm³/mol. The Kier molecular flexibility index (Phi) is 6.86. The molecule has 32 heavy (non-hydrogen) atoms. The number of rotatable bonds is 7. The average molecular weight is 492 g/mol. The van der Waals surface area contributed by atoms with Crippen LogP contribution in [0.2, 0.25) is 0 Å². The standard InChI is InChI=1S/C20H20F3NO6S2/c1-31(25,26)24-13-2-3-15(24)12-14-32(27,28)19-10-8-17(9-11-19)29-16-4-6-18(7-5-16)30-20(21,22)23/h4-12,14-15H,2-3,13H2,1H3/b14-12+/t15-/m0/s1. The lowest BCUT2D eigenvalue weighted by molar-refractivity contribution is -0.274. The maximum atomic E-state index is 12.6. The lowest BCUT2D eigenvalue weighted by Gasteiger charge is -2.18. The van der Waals surface area contributed by atoms with Crippen LogP contribution in [0.15, 0.2) is 64.9 Å². The highest BCUT2D eigenvalue weighted by Gasteiger charge is 2.31. The van der Waals surface area contributed by atoms with E-state index in [4.69, 9.17) is 4.74 Å². The molecular weight excluding hydrogens is 471 g/mol. The molecule has 0 unspecified atom stereocenters. The second-order valence-electron chi connectivity index (χ2n) is 7.05. The summed E-state index contributed by atoms with van der Waals surface area (Å²) in [4.78, 5) is -0.0149. The van der Waals surface area contributed by atoms with Gasteiger partial charge in [0, 0.05) is 18.0 Å². The molecule has 0 spiro atoms. The maximum absolute atomic E-state index is 12.6. The van der Waals surface area contributed by atoms with Crippen LogP contribution in [-0.4, -0.2) is 46.3 Å². The van der Waals surface area contributed by atoms with Crippen molar-refractivity contribution in [1.82, 2.24) is 4.31 Å². The van der Waals surface area contributed by atoms with Gasteiger partial charge in [-0.05, 0) is 61.4 Å². The molecule has 174 valence electrons. The Labute approximate surface area is 184 Å². The Bertz CT molecular complexity index is 1180. The summed E-state index contributed by atoms with van der Waals surface area (Å²) in [5, 5.41) is 0.996. The van der Waals surface area contributed by atoms with Gasteiger partial charge in [-0.1, -0.05) is 6.08 Å². The average Bonchev–Trinajstić information content (AvgIpc) is 3.17. The highest BCUT2D eigenvalue weighted by Crippen LogP contribution is 2.28. The normalized spacial score (nSPS) is 18.2. The number of hydrogen-bond donors (Lipinski definition) is 0. The second-order valence-corrected chi connectivity index (χ2v) is 10.8. The molecule has 1 aliphatic rings. The van der Waals surface area contributed by atoms with Crippen molar-refractivity contribution >= 4 is 19.9 Å². The van der Waals surface area contributed by atoms with E-state index in [1.807, 2.05) is 0 Å². The number of halogens is 3. The molecule has 12 heteroatoms. The predicted octanol–water partition coefficient (Wildman–Crippen LogP) is 4.09. The first kappa shape index (κ1) is 24.1. The molecule has 7 nitrogen and oxygen atoms in total. The first-order chi connectivity index (χ1) is 14.8. The number of sulfone groups is 1. The zero-order chi connectivity index (χ0) is 23.6. The number of sulfonamides is 1. The summed E-state index contributed by atoms with van der Waals surface area (Å²) in [6, 6.07) is 9.68. The van der Waals surface area contributed by atoms with Crippen molar-refractivity contribution in [1.29, 1.82) is 0 Å². The highest BCUT2D eigenvalue weighted by atomic mass is 32.2. The van der Waals surface area contributed by atoms with E-state index in [0.29, 0.717) is 19.4 Å². The first-order valence-electron chi connectivity index (χ1n) is 9.37. The third kappa shape index (κ3) is 6.47. The smallest absolute Gasteiger partial charge is 0.457 e. The highest BCUT2D eigenvalue weighted by molar-refractivity contribution is 7.94. The summed E-state index contributed by atoms with van der Waals surface area (Å²) >= 11 is 0. The number of alkyl halides is 3. The van der Waals surface area contributed by atoms with Crippen molar-refractivity contribution < 1.29 is 39.5 Å². The second kappa shape index (κ2) is 9.12. The van der Waals surface area contributed by atoms with Gasteiger partial charge in [0.05, 0.1) is 11.2 Å². The van der Waals surface area contributed by atoms with E-state index in [1.165, 1.54) is 46.8 Å². The number of hydrogen-bond acceptors (Lipinski definition) is 6. The van der Waals surface area contributed by atoms with Crippen LogP contribution < -0.4 is 9.47 Å². The number of ether oxygens (including phenoxy) is 2. The minimum atomic E-state index is -4.79. The van der Waals surface area contributed by atoms with E-state index in [9.17, 15) is 30.0 Å². The Morgan fingerprint density at radius 1 is 0.938 bits per heavy atom. The molecule has 1 heterocycles. The fourth-order valence-corrected chi connectivity index (χ4v) is 5.37. The fraction of sp³-hybridized carbons (Fsp3) is 0.300. The maximum Gasteiger partial charge on any atom is 0.573 e. The number of nitrogens with zero attached hydrogens (tertiary/aromatic N) is 1. The Hall–Kier alpha value is -2.57. The van der Waals surface area contributed by atoms with E-state index >= 15 is 0 Å².